The standard InChI is InChI=1S/C18H25N/c1-12-14-10-13(17(2,3)4)8-9-16(14)19-11-15(12)18(5,6)7/h8-11H,1-7H3. The Balaban J connectivity index is 2.73. The van der Waals surface area contributed by atoms with E-state index in [1.807, 2.05) is 6.20 Å². The fraction of sp³-hybridized carbons (Fsp3) is 0.500. The topological polar surface area (TPSA) is 12.9 Å². The van der Waals surface area contributed by atoms with E-state index in [2.05, 4.69) is 71.6 Å². The molecule has 0 unspecified atom stereocenters. The summed E-state index contributed by atoms with van der Waals surface area (Å²) in [5.74, 6) is 0. The van der Waals surface area contributed by atoms with Crippen LogP contribution < -0.4 is 0 Å². The van der Waals surface area contributed by atoms with E-state index in [0.29, 0.717) is 0 Å². The Hall–Kier alpha value is -1.37. The molecule has 0 amide bonds. The predicted octanol–water partition coefficient (Wildman–Crippen LogP) is 5.14. The van der Waals surface area contributed by atoms with Crippen LogP contribution in [-0.2, 0) is 10.8 Å². The third-order valence-corrected chi connectivity index (χ3v) is 3.81. The molecule has 1 aromatic heterocycles. The van der Waals surface area contributed by atoms with Gasteiger partial charge in [-0.2, -0.15) is 0 Å². The highest BCUT2D eigenvalue weighted by molar-refractivity contribution is 5.84. The number of rotatable bonds is 0. The molecule has 0 saturated heterocycles. The molecule has 0 bridgehead atoms. The second kappa shape index (κ2) is 4.33. The number of aryl methyl sites for hydroxylation is 1. The van der Waals surface area contributed by atoms with Crippen LogP contribution in [0.3, 0.4) is 0 Å². The van der Waals surface area contributed by atoms with Crippen LogP contribution in [0.15, 0.2) is 24.4 Å². The van der Waals surface area contributed by atoms with Gasteiger partial charge in [0.15, 0.2) is 0 Å². The fourth-order valence-corrected chi connectivity index (χ4v) is 2.55. The summed E-state index contributed by atoms with van der Waals surface area (Å²) in [6, 6.07) is 6.66. The van der Waals surface area contributed by atoms with Crippen molar-refractivity contribution in [1.82, 2.24) is 4.98 Å². The van der Waals surface area contributed by atoms with E-state index in [4.69, 9.17) is 0 Å². The molecule has 0 aliphatic carbocycles. The third kappa shape index (κ3) is 2.65. The Bertz CT molecular complexity index is 605. The predicted molar refractivity (Wildman–Crippen MR) is 83.9 cm³/mol. The average Bonchev–Trinajstić information content (AvgIpc) is 2.26. The van der Waals surface area contributed by atoms with Crippen LogP contribution in [0.1, 0.15) is 58.2 Å². The van der Waals surface area contributed by atoms with Crippen LogP contribution in [0.4, 0.5) is 0 Å². The second-order valence-electron chi connectivity index (χ2n) is 7.53. The molecule has 102 valence electrons. The number of benzene rings is 1. The van der Waals surface area contributed by atoms with E-state index in [9.17, 15) is 0 Å². The van der Waals surface area contributed by atoms with Gasteiger partial charge in [0.2, 0.25) is 0 Å². The van der Waals surface area contributed by atoms with Crippen molar-refractivity contribution in [3.63, 3.8) is 0 Å². The van der Waals surface area contributed by atoms with Crippen LogP contribution in [0.2, 0.25) is 0 Å². The van der Waals surface area contributed by atoms with Crippen molar-refractivity contribution in [2.75, 3.05) is 0 Å². The van der Waals surface area contributed by atoms with Crippen molar-refractivity contribution in [2.45, 2.75) is 59.3 Å². The molecule has 0 saturated carbocycles. The molecule has 0 spiro atoms. The molecule has 0 aliphatic heterocycles. The van der Waals surface area contributed by atoms with E-state index in [0.717, 1.165) is 5.52 Å². The molecular weight excluding hydrogens is 230 g/mol. The summed E-state index contributed by atoms with van der Waals surface area (Å²) in [4.78, 5) is 4.63. The molecule has 0 fully saturated rings. The molecule has 0 aliphatic rings. The summed E-state index contributed by atoms with van der Waals surface area (Å²) in [6.45, 7) is 15.7. The SMILES string of the molecule is Cc1c(C(C)(C)C)cnc2ccc(C(C)(C)C)cc12. The first-order valence-electron chi connectivity index (χ1n) is 7.01. The van der Waals surface area contributed by atoms with Crippen molar-refractivity contribution in [2.24, 2.45) is 0 Å². The first-order chi connectivity index (χ1) is 8.60. The van der Waals surface area contributed by atoms with Crippen molar-refractivity contribution in [3.8, 4) is 0 Å². The molecule has 0 N–H and O–H groups in total. The Kier molecular flexibility index (Phi) is 3.20. The maximum atomic E-state index is 4.63. The highest BCUT2D eigenvalue weighted by Gasteiger charge is 2.20. The van der Waals surface area contributed by atoms with E-state index >= 15 is 0 Å². The Morgan fingerprint density at radius 2 is 1.53 bits per heavy atom. The summed E-state index contributed by atoms with van der Waals surface area (Å²) in [5, 5.41) is 1.29. The highest BCUT2D eigenvalue weighted by atomic mass is 14.7. The lowest BCUT2D eigenvalue weighted by Gasteiger charge is -2.24. The van der Waals surface area contributed by atoms with Gasteiger partial charge in [0.25, 0.3) is 0 Å². The largest absolute Gasteiger partial charge is 0.256 e. The molecule has 0 radical (unpaired) electrons. The summed E-state index contributed by atoms with van der Waals surface area (Å²) in [7, 11) is 0. The highest BCUT2D eigenvalue weighted by Crippen LogP contribution is 2.32. The van der Waals surface area contributed by atoms with E-state index in [1.54, 1.807) is 0 Å². The summed E-state index contributed by atoms with van der Waals surface area (Å²) in [5.41, 5.74) is 5.49. The Morgan fingerprint density at radius 1 is 0.895 bits per heavy atom. The van der Waals surface area contributed by atoms with Crippen LogP contribution in [0.5, 0.6) is 0 Å². The minimum Gasteiger partial charge on any atom is -0.256 e. The Morgan fingerprint density at radius 3 is 2.05 bits per heavy atom. The van der Waals surface area contributed by atoms with Gasteiger partial charge in [-0.3, -0.25) is 4.98 Å². The maximum Gasteiger partial charge on any atom is 0.0705 e. The first kappa shape index (κ1) is 14.0. The normalized spacial score (nSPS) is 13.0. The quantitative estimate of drug-likeness (QED) is 0.635. The third-order valence-electron chi connectivity index (χ3n) is 3.81. The van der Waals surface area contributed by atoms with Gasteiger partial charge < -0.3 is 0 Å². The lowest BCUT2D eigenvalue weighted by atomic mass is 9.82. The smallest absolute Gasteiger partial charge is 0.0705 e. The van der Waals surface area contributed by atoms with Gasteiger partial charge >= 0.3 is 0 Å². The number of hydrogen-bond donors (Lipinski definition) is 0. The van der Waals surface area contributed by atoms with Crippen molar-refractivity contribution in [3.05, 3.63) is 41.1 Å². The number of aromatic nitrogens is 1. The average molecular weight is 255 g/mol. The van der Waals surface area contributed by atoms with Crippen molar-refractivity contribution >= 4 is 10.9 Å². The molecule has 1 nitrogen and oxygen atoms in total. The summed E-state index contributed by atoms with van der Waals surface area (Å²) < 4.78 is 0. The zero-order chi connectivity index (χ0) is 14.4. The number of nitrogens with zero attached hydrogens (tertiary/aromatic N) is 1. The van der Waals surface area contributed by atoms with Gasteiger partial charge in [-0.15, -0.1) is 0 Å². The minimum atomic E-state index is 0.142. The van der Waals surface area contributed by atoms with Crippen LogP contribution >= 0.6 is 0 Å². The van der Waals surface area contributed by atoms with E-state index in [-0.39, 0.29) is 10.8 Å². The van der Waals surface area contributed by atoms with E-state index in [1.165, 1.54) is 22.1 Å². The molecular formula is C18H25N. The van der Waals surface area contributed by atoms with Crippen LogP contribution in [-0.4, -0.2) is 4.98 Å². The van der Waals surface area contributed by atoms with Gasteiger partial charge in [-0.25, -0.2) is 0 Å². The monoisotopic (exact) mass is 255 g/mol. The molecule has 1 aromatic carbocycles. The zero-order valence-electron chi connectivity index (χ0n) is 13.3. The maximum absolute atomic E-state index is 4.63. The molecule has 19 heavy (non-hydrogen) atoms. The molecule has 2 aromatic rings. The zero-order valence-corrected chi connectivity index (χ0v) is 13.3. The van der Waals surface area contributed by atoms with Crippen LogP contribution in [0, 0.1) is 6.92 Å². The molecule has 1 heteroatoms. The van der Waals surface area contributed by atoms with Gasteiger partial charge in [0.1, 0.15) is 0 Å². The van der Waals surface area contributed by atoms with Gasteiger partial charge in [-0.05, 0) is 46.6 Å². The lowest BCUT2D eigenvalue weighted by Crippen LogP contribution is -2.14. The number of pyridine rings is 1. The van der Waals surface area contributed by atoms with Crippen LogP contribution in [0.25, 0.3) is 10.9 Å². The number of hydrogen-bond acceptors (Lipinski definition) is 1. The summed E-state index contributed by atoms with van der Waals surface area (Å²) >= 11 is 0. The van der Waals surface area contributed by atoms with Gasteiger partial charge in [0.05, 0.1) is 5.52 Å². The molecule has 2 rings (SSSR count). The second-order valence-corrected chi connectivity index (χ2v) is 7.53. The van der Waals surface area contributed by atoms with Crippen molar-refractivity contribution in [1.29, 1.82) is 0 Å². The van der Waals surface area contributed by atoms with Crippen molar-refractivity contribution < 1.29 is 0 Å². The molecule has 0 atom stereocenters. The fourth-order valence-electron chi connectivity index (χ4n) is 2.55. The summed E-state index contributed by atoms with van der Waals surface area (Å²) in [6.07, 6.45) is 2.04. The van der Waals surface area contributed by atoms with E-state index < -0.39 is 0 Å². The molecule has 1 heterocycles. The Labute approximate surface area is 117 Å². The first-order valence-corrected chi connectivity index (χ1v) is 7.01. The van der Waals surface area contributed by atoms with Gasteiger partial charge in [0, 0.05) is 11.6 Å². The number of fused-ring (bicyclic) bond motifs is 1. The lowest BCUT2D eigenvalue weighted by molar-refractivity contribution is 0.584. The van der Waals surface area contributed by atoms with Gasteiger partial charge in [-0.1, -0.05) is 47.6 Å². The minimum absolute atomic E-state index is 0.142.